The molecular formula is C28H31N5O4. The first kappa shape index (κ1) is 24.8. The molecule has 2 aromatic carbocycles. The number of ether oxygens (including phenoxy) is 2. The zero-order valence-corrected chi connectivity index (χ0v) is 21.4. The average molecular weight is 502 g/mol. The summed E-state index contributed by atoms with van der Waals surface area (Å²) >= 11 is 0. The Morgan fingerprint density at radius 2 is 2.03 bits per heavy atom. The van der Waals surface area contributed by atoms with Crippen molar-refractivity contribution in [3.05, 3.63) is 53.1 Å². The van der Waals surface area contributed by atoms with Gasteiger partial charge in [0.2, 0.25) is 5.82 Å². The van der Waals surface area contributed by atoms with Gasteiger partial charge < -0.3 is 24.2 Å². The number of amides is 2. The molecule has 1 saturated heterocycles. The van der Waals surface area contributed by atoms with E-state index in [2.05, 4.69) is 27.6 Å². The minimum absolute atomic E-state index is 0.0298. The largest absolute Gasteiger partial charge is 0.490 e. The number of nitriles is 1. The third-order valence-electron chi connectivity index (χ3n) is 7.01. The summed E-state index contributed by atoms with van der Waals surface area (Å²) in [4.78, 5) is 19.4. The van der Waals surface area contributed by atoms with E-state index >= 15 is 0 Å². The Labute approximate surface area is 216 Å². The monoisotopic (exact) mass is 501 g/mol. The molecule has 0 spiro atoms. The summed E-state index contributed by atoms with van der Waals surface area (Å²) < 4.78 is 16.7. The van der Waals surface area contributed by atoms with Crippen LogP contribution in [0.3, 0.4) is 0 Å². The van der Waals surface area contributed by atoms with Gasteiger partial charge in [-0.2, -0.15) is 10.2 Å². The fourth-order valence-corrected chi connectivity index (χ4v) is 5.11. The van der Waals surface area contributed by atoms with Crippen molar-refractivity contribution >= 4 is 6.03 Å². The molecule has 9 nitrogen and oxygen atoms in total. The number of piperidine rings is 1. The number of hydrogen-bond acceptors (Lipinski definition) is 7. The SMILES string of the molecule is COC1CCN(C(=O)NC2CCc3c(-c4noc(-c5ccc(OC(C)C)c(C#N)c5)n4)cccc32)CC1. The van der Waals surface area contributed by atoms with Crippen LogP contribution >= 0.6 is 0 Å². The van der Waals surface area contributed by atoms with Crippen LogP contribution in [0.5, 0.6) is 5.75 Å². The highest BCUT2D eigenvalue weighted by Crippen LogP contribution is 2.38. The Balaban J connectivity index is 1.33. The van der Waals surface area contributed by atoms with Crippen molar-refractivity contribution in [1.82, 2.24) is 20.4 Å². The first-order valence-electron chi connectivity index (χ1n) is 12.7. The van der Waals surface area contributed by atoms with Gasteiger partial charge in [0.15, 0.2) is 0 Å². The third-order valence-corrected chi connectivity index (χ3v) is 7.01. The molecule has 1 N–H and O–H groups in total. The molecule has 2 heterocycles. The first-order valence-corrected chi connectivity index (χ1v) is 12.7. The van der Waals surface area contributed by atoms with Gasteiger partial charge in [0, 0.05) is 31.3 Å². The van der Waals surface area contributed by atoms with E-state index in [9.17, 15) is 10.1 Å². The Morgan fingerprint density at radius 1 is 1.22 bits per heavy atom. The van der Waals surface area contributed by atoms with Gasteiger partial charge in [-0.25, -0.2) is 4.79 Å². The highest BCUT2D eigenvalue weighted by atomic mass is 16.5. The fraction of sp³-hybridized carbons (Fsp3) is 0.429. The zero-order valence-electron chi connectivity index (χ0n) is 21.4. The normalized spacial score (nSPS) is 17.5. The number of carbonyl (C=O) groups is 1. The molecule has 1 atom stereocenters. The van der Waals surface area contributed by atoms with Gasteiger partial charge in [-0.15, -0.1) is 0 Å². The number of nitrogens with zero attached hydrogens (tertiary/aromatic N) is 4. The number of hydrogen-bond donors (Lipinski definition) is 1. The summed E-state index contributed by atoms with van der Waals surface area (Å²) in [6.07, 6.45) is 3.55. The molecule has 9 heteroatoms. The van der Waals surface area contributed by atoms with Crippen LogP contribution in [-0.2, 0) is 11.2 Å². The van der Waals surface area contributed by atoms with E-state index in [-0.39, 0.29) is 24.3 Å². The highest BCUT2D eigenvalue weighted by Gasteiger charge is 2.30. The number of rotatable bonds is 6. The van der Waals surface area contributed by atoms with Crippen LogP contribution in [0.25, 0.3) is 22.8 Å². The molecule has 1 aliphatic carbocycles. The molecular weight excluding hydrogens is 470 g/mol. The molecule has 1 unspecified atom stereocenters. The van der Waals surface area contributed by atoms with E-state index in [1.54, 1.807) is 19.2 Å². The van der Waals surface area contributed by atoms with Crippen LogP contribution < -0.4 is 10.1 Å². The number of methoxy groups -OCH3 is 1. The molecule has 1 aromatic heterocycles. The maximum absolute atomic E-state index is 12.9. The van der Waals surface area contributed by atoms with Crippen LogP contribution in [0.2, 0.25) is 0 Å². The third kappa shape index (κ3) is 5.16. The van der Waals surface area contributed by atoms with Gasteiger partial charge >= 0.3 is 6.03 Å². The van der Waals surface area contributed by atoms with E-state index in [0.717, 1.165) is 42.4 Å². The van der Waals surface area contributed by atoms with Gasteiger partial charge in [0.25, 0.3) is 5.89 Å². The van der Waals surface area contributed by atoms with Crippen molar-refractivity contribution < 1.29 is 18.8 Å². The Kier molecular flexibility index (Phi) is 7.10. The minimum Gasteiger partial charge on any atom is -0.490 e. The van der Waals surface area contributed by atoms with Gasteiger partial charge in [-0.05, 0) is 68.9 Å². The lowest BCUT2D eigenvalue weighted by molar-refractivity contribution is 0.0500. The molecule has 192 valence electrons. The predicted molar refractivity (Wildman–Crippen MR) is 137 cm³/mol. The summed E-state index contributed by atoms with van der Waals surface area (Å²) in [6.45, 7) is 5.23. The Hall–Kier alpha value is -3.90. The number of likely N-dealkylation sites (tertiary alicyclic amines) is 1. The first-order chi connectivity index (χ1) is 18.0. The van der Waals surface area contributed by atoms with Gasteiger partial charge in [0.05, 0.1) is 23.8 Å². The maximum Gasteiger partial charge on any atom is 0.317 e. The molecule has 1 fully saturated rings. The lowest BCUT2D eigenvalue weighted by atomic mass is 10.0. The number of aromatic nitrogens is 2. The number of benzene rings is 2. The van der Waals surface area contributed by atoms with Gasteiger partial charge in [0.1, 0.15) is 11.8 Å². The smallest absolute Gasteiger partial charge is 0.317 e. The van der Waals surface area contributed by atoms with E-state index in [1.807, 2.05) is 36.9 Å². The van der Waals surface area contributed by atoms with E-state index in [4.69, 9.17) is 14.0 Å². The Bertz CT molecular complexity index is 1320. The summed E-state index contributed by atoms with van der Waals surface area (Å²) in [5.74, 6) is 1.35. The summed E-state index contributed by atoms with van der Waals surface area (Å²) in [6, 6.07) is 13.4. The molecule has 2 amide bonds. The number of carbonyl (C=O) groups excluding carboxylic acids is 1. The predicted octanol–water partition coefficient (Wildman–Crippen LogP) is 4.87. The maximum atomic E-state index is 12.9. The van der Waals surface area contributed by atoms with E-state index in [1.165, 1.54) is 0 Å². The van der Waals surface area contributed by atoms with Crippen molar-refractivity contribution in [2.45, 2.75) is 57.8 Å². The van der Waals surface area contributed by atoms with Crippen molar-refractivity contribution in [1.29, 1.82) is 5.26 Å². The van der Waals surface area contributed by atoms with Crippen molar-refractivity contribution in [3.8, 4) is 34.7 Å². The number of fused-ring (bicyclic) bond motifs is 1. The van der Waals surface area contributed by atoms with Crippen molar-refractivity contribution in [3.63, 3.8) is 0 Å². The van der Waals surface area contributed by atoms with Crippen LogP contribution in [0.15, 0.2) is 40.9 Å². The molecule has 0 radical (unpaired) electrons. The number of urea groups is 1. The van der Waals surface area contributed by atoms with Crippen molar-refractivity contribution in [2.75, 3.05) is 20.2 Å². The molecule has 1 aliphatic heterocycles. The standard InChI is InChI=1S/C28H31N5O4/c1-17(2)36-25-10-7-18(15-19(25)16-29)27-31-26(32-37-27)23-6-4-5-22-21(23)8-9-24(22)30-28(34)33-13-11-20(35-3)12-14-33/h4-7,10,15,17,20,24H,8-9,11-14H2,1-3H3,(H,30,34). The van der Waals surface area contributed by atoms with E-state index in [0.29, 0.717) is 41.7 Å². The summed E-state index contributed by atoms with van der Waals surface area (Å²) in [7, 11) is 1.72. The molecule has 37 heavy (non-hydrogen) atoms. The minimum atomic E-state index is -0.0549. The second-order valence-electron chi connectivity index (χ2n) is 9.75. The quantitative estimate of drug-likeness (QED) is 0.513. The fourth-order valence-electron chi connectivity index (χ4n) is 5.11. The molecule has 5 rings (SSSR count). The molecule has 0 saturated carbocycles. The second-order valence-corrected chi connectivity index (χ2v) is 9.75. The molecule has 0 bridgehead atoms. The van der Waals surface area contributed by atoms with Crippen LogP contribution in [0.1, 0.15) is 55.8 Å². The van der Waals surface area contributed by atoms with Gasteiger partial charge in [-0.1, -0.05) is 23.4 Å². The molecule has 3 aromatic rings. The van der Waals surface area contributed by atoms with Gasteiger partial charge in [-0.3, -0.25) is 0 Å². The zero-order chi connectivity index (χ0) is 25.9. The second kappa shape index (κ2) is 10.6. The topological polar surface area (TPSA) is 114 Å². The van der Waals surface area contributed by atoms with Crippen LogP contribution in [-0.4, -0.2) is 53.5 Å². The van der Waals surface area contributed by atoms with Crippen molar-refractivity contribution in [2.24, 2.45) is 0 Å². The average Bonchev–Trinajstić information content (AvgIpc) is 3.56. The summed E-state index contributed by atoms with van der Waals surface area (Å²) in [5.41, 5.74) is 4.17. The Morgan fingerprint density at radius 3 is 2.76 bits per heavy atom. The van der Waals surface area contributed by atoms with Crippen LogP contribution in [0.4, 0.5) is 4.79 Å². The number of nitrogens with one attached hydrogen (secondary N) is 1. The van der Waals surface area contributed by atoms with Crippen LogP contribution in [0, 0.1) is 11.3 Å². The lowest BCUT2D eigenvalue weighted by Crippen LogP contribution is -2.46. The highest BCUT2D eigenvalue weighted by molar-refractivity contribution is 5.76. The van der Waals surface area contributed by atoms with E-state index < -0.39 is 0 Å². The lowest BCUT2D eigenvalue weighted by Gasteiger charge is -2.32. The molecule has 2 aliphatic rings. The summed E-state index contributed by atoms with van der Waals surface area (Å²) in [5, 5.41) is 17.0.